The first kappa shape index (κ1) is 17.4. The number of nitrogens with zero attached hydrogens (tertiary/aromatic N) is 1. The van der Waals surface area contributed by atoms with Crippen LogP contribution in [0.1, 0.15) is 12.8 Å². The average Bonchev–Trinajstić information content (AvgIpc) is 2.46. The molecule has 8 heteroatoms. The third kappa shape index (κ3) is 5.35. The number of hydrogen-bond acceptors (Lipinski definition) is 5. The molecule has 1 heterocycles. The van der Waals surface area contributed by atoms with Gasteiger partial charge in [-0.2, -0.15) is 0 Å². The largest absolute Gasteiger partial charge is 0.302 e. The fraction of sp³-hybridized carbons (Fsp3) is 0.571. The first-order valence-corrected chi connectivity index (χ1v) is 10.8. The Morgan fingerprint density at radius 2 is 1.68 bits per heavy atom. The molecular weight excluding hydrogens is 324 g/mol. The standard InChI is InChI=1S/C14H22N2O4S2/c1-21(17,18)15-13-7-9-16(10-8-13)11-12-22(19,20)14-5-3-2-4-6-14/h2-6,13,15H,7-12H2,1H3. The third-order valence-electron chi connectivity index (χ3n) is 3.75. The number of likely N-dealkylation sites (tertiary alicyclic amines) is 1. The second-order valence-corrected chi connectivity index (χ2v) is 9.53. The molecule has 6 nitrogen and oxygen atoms in total. The molecule has 0 amide bonds. The van der Waals surface area contributed by atoms with Crippen molar-refractivity contribution in [2.24, 2.45) is 0 Å². The van der Waals surface area contributed by atoms with Crippen LogP contribution in [0.2, 0.25) is 0 Å². The number of piperidine rings is 1. The first-order chi connectivity index (χ1) is 10.3. The topological polar surface area (TPSA) is 83.6 Å². The summed E-state index contributed by atoms with van der Waals surface area (Å²) in [5, 5.41) is 0. The van der Waals surface area contributed by atoms with Gasteiger partial charge in [0.25, 0.3) is 0 Å². The lowest BCUT2D eigenvalue weighted by molar-refractivity contribution is 0.218. The van der Waals surface area contributed by atoms with E-state index in [-0.39, 0.29) is 11.8 Å². The van der Waals surface area contributed by atoms with Gasteiger partial charge in [0, 0.05) is 12.6 Å². The lowest BCUT2D eigenvalue weighted by Gasteiger charge is -2.31. The van der Waals surface area contributed by atoms with Crippen LogP contribution >= 0.6 is 0 Å². The summed E-state index contributed by atoms with van der Waals surface area (Å²) in [6.07, 6.45) is 2.57. The van der Waals surface area contributed by atoms with Gasteiger partial charge in [0.15, 0.2) is 9.84 Å². The second-order valence-electron chi connectivity index (χ2n) is 5.64. The molecule has 1 aliphatic rings. The van der Waals surface area contributed by atoms with Crippen LogP contribution in [0.5, 0.6) is 0 Å². The van der Waals surface area contributed by atoms with Gasteiger partial charge >= 0.3 is 0 Å². The van der Waals surface area contributed by atoms with E-state index in [1.165, 1.54) is 0 Å². The molecule has 0 unspecified atom stereocenters. The van der Waals surface area contributed by atoms with Crippen LogP contribution in [-0.2, 0) is 19.9 Å². The van der Waals surface area contributed by atoms with E-state index in [4.69, 9.17) is 0 Å². The van der Waals surface area contributed by atoms with Crippen molar-refractivity contribution in [1.82, 2.24) is 9.62 Å². The molecular formula is C14H22N2O4S2. The average molecular weight is 346 g/mol. The van der Waals surface area contributed by atoms with E-state index in [9.17, 15) is 16.8 Å². The van der Waals surface area contributed by atoms with Gasteiger partial charge in [-0.3, -0.25) is 0 Å². The van der Waals surface area contributed by atoms with Gasteiger partial charge in [-0.1, -0.05) is 18.2 Å². The van der Waals surface area contributed by atoms with Gasteiger partial charge in [0.05, 0.1) is 16.9 Å². The predicted octanol–water partition coefficient (Wildman–Crippen LogP) is 0.474. The van der Waals surface area contributed by atoms with E-state index in [0.717, 1.165) is 6.26 Å². The molecule has 1 aliphatic heterocycles. The highest BCUT2D eigenvalue weighted by molar-refractivity contribution is 7.91. The van der Waals surface area contributed by atoms with Crippen LogP contribution in [0, 0.1) is 0 Å². The van der Waals surface area contributed by atoms with E-state index in [1.807, 2.05) is 0 Å². The van der Waals surface area contributed by atoms with Crippen LogP contribution < -0.4 is 4.72 Å². The fourth-order valence-corrected chi connectivity index (χ4v) is 4.72. The summed E-state index contributed by atoms with van der Waals surface area (Å²) in [4.78, 5) is 2.42. The highest BCUT2D eigenvalue weighted by Crippen LogP contribution is 2.14. The summed E-state index contributed by atoms with van der Waals surface area (Å²) < 4.78 is 49.4. The summed E-state index contributed by atoms with van der Waals surface area (Å²) >= 11 is 0. The zero-order valence-corrected chi connectivity index (χ0v) is 14.2. The van der Waals surface area contributed by atoms with Crippen molar-refractivity contribution in [2.45, 2.75) is 23.8 Å². The van der Waals surface area contributed by atoms with Crippen molar-refractivity contribution in [3.8, 4) is 0 Å². The third-order valence-corrected chi connectivity index (χ3v) is 6.22. The zero-order chi connectivity index (χ0) is 16.2. The van der Waals surface area contributed by atoms with Crippen molar-refractivity contribution >= 4 is 19.9 Å². The Kier molecular flexibility index (Phi) is 5.60. The molecule has 124 valence electrons. The van der Waals surface area contributed by atoms with Crippen LogP contribution in [0.4, 0.5) is 0 Å². The monoisotopic (exact) mass is 346 g/mol. The molecule has 1 fully saturated rings. The molecule has 0 saturated carbocycles. The Hall–Kier alpha value is -0.960. The van der Waals surface area contributed by atoms with Crippen LogP contribution in [0.3, 0.4) is 0 Å². The Morgan fingerprint density at radius 3 is 2.23 bits per heavy atom. The van der Waals surface area contributed by atoms with Crippen LogP contribution in [0.25, 0.3) is 0 Å². The number of benzene rings is 1. The maximum atomic E-state index is 12.2. The van der Waals surface area contributed by atoms with Crippen molar-refractivity contribution in [3.63, 3.8) is 0 Å². The lowest BCUT2D eigenvalue weighted by Crippen LogP contribution is -2.45. The number of sulfone groups is 1. The zero-order valence-electron chi connectivity index (χ0n) is 12.6. The Labute approximate surface area is 132 Å². The van der Waals surface area contributed by atoms with E-state index < -0.39 is 19.9 Å². The van der Waals surface area contributed by atoms with Gasteiger partial charge in [-0.15, -0.1) is 0 Å². The maximum absolute atomic E-state index is 12.2. The van der Waals surface area contributed by atoms with Gasteiger partial charge in [0.1, 0.15) is 0 Å². The highest BCUT2D eigenvalue weighted by Gasteiger charge is 2.23. The number of nitrogens with one attached hydrogen (secondary N) is 1. The normalized spacial score (nSPS) is 18.4. The summed E-state index contributed by atoms with van der Waals surface area (Å²) in [6.45, 7) is 1.89. The molecule has 1 saturated heterocycles. The molecule has 2 rings (SSSR count). The quantitative estimate of drug-likeness (QED) is 0.810. The van der Waals surface area contributed by atoms with Gasteiger partial charge in [-0.05, 0) is 38.1 Å². The Bertz CT molecular complexity index is 679. The lowest BCUT2D eigenvalue weighted by atomic mass is 10.1. The SMILES string of the molecule is CS(=O)(=O)NC1CCN(CCS(=O)(=O)c2ccccc2)CC1. The maximum Gasteiger partial charge on any atom is 0.208 e. The fourth-order valence-electron chi connectivity index (χ4n) is 2.57. The van der Waals surface area contributed by atoms with Crippen molar-refractivity contribution in [1.29, 1.82) is 0 Å². The van der Waals surface area contributed by atoms with Crippen molar-refractivity contribution in [2.75, 3.05) is 31.6 Å². The first-order valence-electron chi connectivity index (χ1n) is 7.24. The molecule has 1 N–H and O–H groups in total. The second kappa shape index (κ2) is 7.08. The number of hydrogen-bond donors (Lipinski definition) is 1. The summed E-state index contributed by atoms with van der Waals surface area (Å²) in [5.41, 5.74) is 0. The molecule has 0 radical (unpaired) electrons. The minimum atomic E-state index is -3.26. The molecule has 0 atom stereocenters. The van der Waals surface area contributed by atoms with Crippen molar-refractivity contribution in [3.05, 3.63) is 30.3 Å². The van der Waals surface area contributed by atoms with Gasteiger partial charge in [-0.25, -0.2) is 21.6 Å². The van der Waals surface area contributed by atoms with E-state index >= 15 is 0 Å². The highest BCUT2D eigenvalue weighted by atomic mass is 32.2. The van der Waals surface area contributed by atoms with Crippen molar-refractivity contribution < 1.29 is 16.8 Å². The molecule has 0 spiro atoms. The van der Waals surface area contributed by atoms with E-state index in [1.54, 1.807) is 30.3 Å². The molecule has 0 aromatic heterocycles. The minimum Gasteiger partial charge on any atom is -0.302 e. The summed E-state index contributed by atoms with van der Waals surface area (Å²) in [5.74, 6) is 0.0845. The molecule has 22 heavy (non-hydrogen) atoms. The molecule has 1 aromatic rings. The van der Waals surface area contributed by atoms with Gasteiger partial charge in [0.2, 0.25) is 10.0 Å². The summed E-state index contributed by atoms with van der Waals surface area (Å²) in [7, 11) is -6.43. The number of rotatable bonds is 6. The van der Waals surface area contributed by atoms with Crippen LogP contribution in [-0.4, -0.2) is 59.4 Å². The van der Waals surface area contributed by atoms with E-state index in [2.05, 4.69) is 9.62 Å². The smallest absolute Gasteiger partial charge is 0.208 e. The minimum absolute atomic E-state index is 0.0445. The summed E-state index contributed by atoms with van der Waals surface area (Å²) in [6, 6.07) is 8.40. The molecule has 0 aliphatic carbocycles. The van der Waals surface area contributed by atoms with Gasteiger partial charge < -0.3 is 4.90 Å². The predicted molar refractivity (Wildman–Crippen MR) is 85.9 cm³/mol. The molecule has 0 bridgehead atoms. The molecule has 1 aromatic carbocycles. The number of sulfonamides is 1. The van der Waals surface area contributed by atoms with Crippen LogP contribution in [0.15, 0.2) is 35.2 Å². The Morgan fingerprint density at radius 1 is 1.09 bits per heavy atom. The van der Waals surface area contributed by atoms with E-state index in [0.29, 0.717) is 37.4 Å². The Balaban J connectivity index is 1.82.